The highest BCUT2D eigenvalue weighted by Crippen LogP contribution is 1.97. The first-order valence-corrected chi connectivity index (χ1v) is 8.50. The van der Waals surface area contributed by atoms with E-state index in [0.717, 1.165) is 0 Å². The van der Waals surface area contributed by atoms with Crippen LogP contribution in [0, 0.1) is 0 Å². The van der Waals surface area contributed by atoms with Gasteiger partial charge in [-0.15, -0.1) is 0 Å². The lowest BCUT2D eigenvalue weighted by molar-refractivity contribution is 0.266. The summed E-state index contributed by atoms with van der Waals surface area (Å²) < 4.78 is 5.33. The van der Waals surface area contributed by atoms with Crippen LogP contribution in [-0.2, 0) is 4.53 Å². The van der Waals surface area contributed by atoms with E-state index in [9.17, 15) is 0 Å². The van der Waals surface area contributed by atoms with Crippen molar-refractivity contribution in [1.29, 1.82) is 0 Å². The molecule has 0 rings (SSSR count). The molecule has 0 radical (unpaired) electrons. The summed E-state index contributed by atoms with van der Waals surface area (Å²) in [5.74, 6) is 0. The highest BCUT2D eigenvalue weighted by Gasteiger charge is 2.13. The lowest BCUT2D eigenvalue weighted by Gasteiger charge is -2.15. The molecule has 0 fully saturated rings. The number of hydrogen-bond donors (Lipinski definition) is 1. The first kappa shape index (κ1) is 8.35. The van der Waals surface area contributed by atoms with Crippen molar-refractivity contribution in [3.8, 4) is 0 Å². The molecule has 0 aliphatic heterocycles. The molecule has 0 atom stereocenters. The molecule has 0 unspecified atom stereocenters. The van der Waals surface area contributed by atoms with E-state index in [2.05, 4.69) is 31.3 Å². The van der Waals surface area contributed by atoms with E-state index in [4.69, 9.17) is 4.53 Å². The maximum Gasteiger partial charge on any atom is 0.210 e. The van der Waals surface area contributed by atoms with Crippen LogP contribution in [0.1, 0.15) is 0 Å². The first-order chi connectivity index (χ1) is 3.56. The van der Waals surface area contributed by atoms with Crippen molar-refractivity contribution in [2.45, 2.75) is 26.2 Å². The highest BCUT2D eigenvalue weighted by molar-refractivity contribution is 6.69. The van der Waals surface area contributed by atoms with Crippen molar-refractivity contribution >= 4 is 18.0 Å². The van der Waals surface area contributed by atoms with E-state index in [-0.39, 0.29) is 9.68 Å². The Kier molecular flexibility index (Phi) is 3.54. The van der Waals surface area contributed by atoms with Gasteiger partial charge in [0.1, 0.15) is 9.68 Å². The zero-order valence-corrected chi connectivity index (χ0v) is 8.53. The molecule has 0 saturated heterocycles. The van der Waals surface area contributed by atoms with Crippen LogP contribution in [0.4, 0.5) is 0 Å². The van der Waals surface area contributed by atoms with E-state index in [1.54, 1.807) is 0 Å². The Morgan fingerprint density at radius 2 is 1.88 bits per heavy atom. The van der Waals surface area contributed by atoms with Crippen LogP contribution in [0.2, 0.25) is 26.2 Å². The molecule has 50 valence electrons. The SMILES string of the molecule is C[SiH2]NO[Si](C)(C)C. The fourth-order valence-corrected chi connectivity index (χ4v) is 2.60. The number of rotatable bonds is 3. The summed E-state index contributed by atoms with van der Waals surface area (Å²) in [4.78, 5) is 0. The summed E-state index contributed by atoms with van der Waals surface area (Å²) >= 11 is 0. The van der Waals surface area contributed by atoms with Crippen molar-refractivity contribution in [3.05, 3.63) is 0 Å². The van der Waals surface area contributed by atoms with Crippen LogP contribution in [0.15, 0.2) is 0 Å². The fraction of sp³-hybridized carbons (Fsp3) is 1.00. The molecular formula is C4H15NOSi2. The van der Waals surface area contributed by atoms with Gasteiger partial charge in [0, 0.05) is 0 Å². The molecule has 0 aliphatic carbocycles. The van der Waals surface area contributed by atoms with Gasteiger partial charge in [0.25, 0.3) is 0 Å². The smallest absolute Gasteiger partial charge is 0.210 e. The van der Waals surface area contributed by atoms with E-state index in [1.807, 2.05) is 0 Å². The Balaban J connectivity index is 3.11. The van der Waals surface area contributed by atoms with Crippen LogP contribution in [0.3, 0.4) is 0 Å². The quantitative estimate of drug-likeness (QED) is 0.465. The molecule has 0 bridgehead atoms. The zero-order valence-electron chi connectivity index (χ0n) is 6.12. The van der Waals surface area contributed by atoms with Gasteiger partial charge in [-0.3, -0.25) is 0 Å². The van der Waals surface area contributed by atoms with Crippen LogP contribution in [-0.4, -0.2) is 18.0 Å². The van der Waals surface area contributed by atoms with Gasteiger partial charge in [0.2, 0.25) is 8.32 Å². The molecule has 0 aliphatic rings. The van der Waals surface area contributed by atoms with E-state index >= 15 is 0 Å². The second kappa shape index (κ2) is 3.39. The molecule has 0 amide bonds. The summed E-state index contributed by atoms with van der Waals surface area (Å²) in [5, 5.41) is 2.99. The Labute approximate surface area is 54.6 Å². The lowest BCUT2D eigenvalue weighted by Crippen LogP contribution is -2.34. The normalized spacial score (nSPS) is 13.5. The van der Waals surface area contributed by atoms with Gasteiger partial charge >= 0.3 is 0 Å². The minimum atomic E-state index is -1.25. The van der Waals surface area contributed by atoms with Gasteiger partial charge < -0.3 is 4.53 Å². The van der Waals surface area contributed by atoms with Crippen LogP contribution >= 0.6 is 0 Å². The number of nitrogens with one attached hydrogen (secondary N) is 1. The average Bonchev–Trinajstić information content (AvgIpc) is 1.59. The fourth-order valence-electron chi connectivity index (χ4n) is 0.289. The third-order valence-electron chi connectivity index (χ3n) is 0.523. The minimum absolute atomic E-state index is 0.103. The summed E-state index contributed by atoms with van der Waals surface area (Å²) in [6.07, 6.45) is 0. The monoisotopic (exact) mass is 149 g/mol. The molecule has 4 heteroatoms. The van der Waals surface area contributed by atoms with Gasteiger partial charge in [0.15, 0.2) is 0 Å². The molecule has 0 aromatic heterocycles. The predicted octanol–water partition coefficient (Wildman–Crippen LogP) is 0.474. The van der Waals surface area contributed by atoms with Gasteiger partial charge in [-0.25, -0.2) is 5.15 Å². The van der Waals surface area contributed by atoms with Crippen molar-refractivity contribution in [1.82, 2.24) is 5.15 Å². The van der Waals surface area contributed by atoms with E-state index in [1.165, 1.54) is 0 Å². The number of hydrogen-bond acceptors (Lipinski definition) is 2. The average molecular weight is 149 g/mol. The summed E-state index contributed by atoms with van der Waals surface area (Å²) in [6.45, 7) is 8.68. The molecule has 8 heavy (non-hydrogen) atoms. The predicted molar refractivity (Wildman–Crippen MR) is 42.0 cm³/mol. The van der Waals surface area contributed by atoms with Gasteiger partial charge in [-0.05, 0) is 19.6 Å². The second-order valence-electron chi connectivity index (χ2n) is 2.71. The molecular weight excluding hydrogens is 134 g/mol. The third-order valence-corrected chi connectivity index (χ3v) is 2.00. The molecule has 0 aromatic rings. The maximum atomic E-state index is 5.33. The van der Waals surface area contributed by atoms with Crippen molar-refractivity contribution in [3.63, 3.8) is 0 Å². The van der Waals surface area contributed by atoms with Crippen LogP contribution in [0.25, 0.3) is 0 Å². The van der Waals surface area contributed by atoms with Crippen LogP contribution in [0.5, 0.6) is 0 Å². The zero-order chi connectivity index (χ0) is 6.62. The second-order valence-corrected chi connectivity index (χ2v) is 8.14. The van der Waals surface area contributed by atoms with Gasteiger partial charge in [0.05, 0.1) is 0 Å². The Bertz CT molecular complexity index is 61.5. The van der Waals surface area contributed by atoms with Crippen molar-refractivity contribution in [2.75, 3.05) is 0 Å². The molecule has 0 saturated carbocycles. The molecule has 0 spiro atoms. The summed E-state index contributed by atoms with van der Waals surface area (Å²) in [6, 6.07) is 0. The topological polar surface area (TPSA) is 21.3 Å². The Morgan fingerprint density at radius 1 is 1.38 bits per heavy atom. The molecule has 1 N–H and O–H groups in total. The van der Waals surface area contributed by atoms with Crippen molar-refractivity contribution in [2.24, 2.45) is 0 Å². The lowest BCUT2D eigenvalue weighted by atomic mass is 11.8. The van der Waals surface area contributed by atoms with E-state index in [0.29, 0.717) is 0 Å². The highest BCUT2D eigenvalue weighted by atomic mass is 28.4. The third kappa shape index (κ3) is 6.35. The van der Waals surface area contributed by atoms with Crippen LogP contribution < -0.4 is 5.15 Å². The largest absolute Gasteiger partial charge is 0.354 e. The van der Waals surface area contributed by atoms with Crippen molar-refractivity contribution < 1.29 is 4.53 Å². The van der Waals surface area contributed by atoms with Gasteiger partial charge in [-0.2, -0.15) is 0 Å². The van der Waals surface area contributed by atoms with Gasteiger partial charge in [-0.1, -0.05) is 6.55 Å². The van der Waals surface area contributed by atoms with E-state index < -0.39 is 8.32 Å². The molecule has 0 heterocycles. The summed E-state index contributed by atoms with van der Waals surface area (Å²) in [7, 11) is -1.36. The standard InChI is InChI=1S/C4H15NOSi2/c1-7-5-6-8(2,3)4/h5H,7H2,1-4H3. The molecule has 2 nitrogen and oxygen atoms in total. The minimum Gasteiger partial charge on any atom is -0.354 e. The Morgan fingerprint density at radius 3 is 2.00 bits per heavy atom. The summed E-state index contributed by atoms with van der Waals surface area (Å²) in [5.41, 5.74) is 0. The Hall–Kier alpha value is 0.354. The molecule has 0 aromatic carbocycles. The maximum absolute atomic E-state index is 5.33. The first-order valence-electron chi connectivity index (χ1n) is 2.97.